The Morgan fingerprint density at radius 1 is 1.40 bits per heavy atom. The number of nitrogens with one attached hydrogen (secondary N) is 1. The van der Waals surface area contributed by atoms with Gasteiger partial charge in [0.05, 0.1) is 5.02 Å². The number of hydrogen-bond donors (Lipinski definition) is 1. The van der Waals surface area contributed by atoms with Crippen LogP contribution in [0, 0.1) is 0 Å². The quantitative estimate of drug-likeness (QED) is 0.859. The molecule has 20 heavy (non-hydrogen) atoms. The fourth-order valence-electron chi connectivity index (χ4n) is 2.76. The zero-order valence-corrected chi connectivity index (χ0v) is 12.1. The largest absolute Gasteiger partial charge is 0.451 e. The van der Waals surface area contributed by atoms with Gasteiger partial charge in [-0.25, -0.2) is 0 Å². The lowest BCUT2D eigenvalue weighted by atomic mass is 9.99. The van der Waals surface area contributed by atoms with Gasteiger partial charge in [0, 0.05) is 17.8 Å². The second-order valence-corrected chi connectivity index (χ2v) is 5.78. The van der Waals surface area contributed by atoms with Crippen molar-refractivity contribution in [2.24, 2.45) is 0 Å². The minimum atomic E-state index is 0.0599. The summed E-state index contributed by atoms with van der Waals surface area (Å²) in [6.45, 7) is 1.07. The molecule has 0 aliphatic carbocycles. The van der Waals surface area contributed by atoms with Gasteiger partial charge in [-0.3, -0.25) is 4.79 Å². The van der Waals surface area contributed by atoms with Crippen LogP contribution in [0.4, 0.5) is 0 Å². The van der Waals surface area contributed by atoms with Crippen molar-refractivity contribution in [2.75, 3.05) is 6.54 Å². The molecule has 1 fully saturated rings. The Morgan fingerprint density at radius 2 is 2.30 bits per heavy atom. The van der Waals surface area contributed by atoms with Crippen LogP contribution in [0.25, 0.3) is 11.0 Å². The van der Waals surface area contributed by atoms with Crippen molar-refractivity contribution in [3.63, 3.8) is 0 Å². The molecule has 1 aliphatic heterocycles. The van der Waals surface area contributed by atoms with Crippen LogP contribution in [-0.4, -0.2) is 18.4 Å². The number of Topliss-reactive ketones (excluding diaryl/α,β-unsaturated/α-hetero) is 1. The van der Waals surface area contributed by atoms with Crippen molar-refractivity contribution in [1.29, 1.82) is 0 Å². The number of benzene rings is 1. The van der Waals surface area contributed by atoms with Crippen molar-refractivity contribution in [2.45, 2.75) is 38.1 Å². The van der Waals surface area contributed by atoms with Crippen molar-refractivity contribution in [3.05, 3.63) is 35.0 Å². The number of ketones is 1. The van der Waals surface area contributed by atoms with E-state index in [1.807, 2.05) is 12.1 Å². The molecule has 3 nitrogen and oxygen atoms in total. The summed E-state index contributed by atoms with van der Waals surface area (Å²) < 4.78 is 5.60. The average molecular weight is 292 g/mol. The second kappa shape index (κ2) is 5.98. The Balaban J connectivity index is 1.67. The molecule has 1 N–H and O–H groups in total. The van der Waals surface area contributed by atoms with E-state index in [9.17, 15) is 4.79 Å². The highest BCUT2D eigenvalue weighted by Gasteiger charge is 2.17. The number of hydrogen-bond acceptors (Lipinski definition) is 3. The topological polar surface area (TPSA) is 42.2 Å². The van der Waals surface area contributed by atoms with Crippen LogP contribution in [0.3, 0.4) is 0 Å². The number of furan rings is 1. The molecule has 1 aliphatic rings. The Morgan fingerprint density at radius 3 is 3.05 bits per heavy atom. The molecule has 1 saturated heterocycles. The van der Waals surface area contributed by atoms with Gasteiger partial charge in [0.1, 0.15) is 0 Å². The highest BCUT2D eigenvalue weighted by atomic mass is 35.5. The van der Waals surface area contributed by atoms with Crippen LogP contribution in [0.1, 0.15) is 42.7 Å². The highest BCUT2D eigenvalue weighted by molar-refractivity contribution is 6.34. The second-order valence-electron chi connectivity index (χ2n) is 5.38. The zero-order valence-electron chi connectivity index (χ0n) is 11.3. The summed E-state index contributed by atoms with van der Waals surface area (Å²) in [5.41, 5.74) is 0.605. The third-order valence-corrected chi connectivity index (χ3v) is 4.20. The van der Waals surface area contributed by atoms with Gasteiger partial charge >= 0.3 is 0 Å². The molecule has 106 valence electrons. The maximum atomic E-state index is 12.2. The van der Waals surface area contributed by atoms with Gasteiger partial charge in [-0.1, -0.05) is 30.2 Å². The molecule has 3 rings (SSSR count). The fraction of sp³-hybridized carbons (Fsp3) is 0.438. The van der Waals surface area contributed by atoms with Gasteiger partial charge in [-0.05, 0) is 37.9 Å². The molecular weight excluding hydrogens is 274 g/mol. The van der Waals surface area contributed by atoms with Crippen LogP contribution in [-0.2, 0) is 0 Å². The highest BCUT2D eigenvalue weighted by Crippen LogP contribution is 2.27. The van der Waals surface area contributed by atoms with Crippen LogP contribution >= 0.6 is 11.6 Å². The monoisotopic (exact) mass is 291 g/mol. The summed E-state index contributed by atoms with van der Waals surface area (Å²) in [5, 5.41) is 4.89. The van der Waals surface area contributed by atoms with E-state index in [1.54, 1.807) is 12.1 Å². The standard InChI is InChI=1S/C16H18ClNO2/c17-13-6-3-4-11-10-15(20-16(11)13)14(19)8-7-12-5-1-2-9-18-12/h3-4,6,10,12,18H,1-2,5,7-9H2. The molecule has 2 aromatic rings. The summed E-state index contributed by atoms with van der Waals surface area (Å²) in [6.07, 6.45) is 5.07. The van der Waals surface area contributed by atoms with Gasteiger partial charge in [-0.2, -0.15) is 0 Å². The first kappa shape index (κ1) is 13.7. The Kier molecular flexibility index (Phi) is 4.08. The summed E-state index contributed by atoms with van der Waals surface area (Å²) in [4.78, 5) is 12.2. The molecule has 0 bridgehead atoms. The maximum absolute atomic E-state index is 12.2. The van der Waals surface area contributed by atoms with Crippen LogP contribution in [0.5, 0.6) is 0 Å². The zero-order chi connectivity index (χ0) is 13.9. The molecule has 0 saturated carbocycles. The van der Waals surface area contributed by atoms with Crippen molar-refractivity contribution < 1.29 is 9.21 Å². The number of rotatable bonds is 4. The lowest BCUT2D eigenvalue weighted by Crippen LogP contribution is -2.34. The molecule has 4 heteroatoms. The van der Waals surface area contributed by atoms with Gasteiger partial charge in [0.15, 0.2) is 17.1 Å². The van der Waals surface area contributed by atoms with E-state index < -0.39 is 0 Å². The molecule has 1 aromatic carbocycles. The summed E-state index contributed by atoms with van der Waals surface area (Å²) in [6, 6.07) is 7.80. The number of halogens is 1. The van der Waals surface area contributed by atoms with Crippen molar-refractivity contribution >= 4 is 28.4 Å². The molecule has 0 amide bonds. The predicted octanol–water partition coefficient (Wildman–Crippen LogP) is 4.19. The van der Waals surface area contributed by atoms with E-state index in [1.165, 1.54) is 19.3 Å². The third-order valence-electron chi connectivity index (χ3n) is 3.90. The van der Waals surface area contributed by atoms with Gasteiger partial charge < -0.3 is 9.73 Å². The first-order valence-electron chi connectivity index (χ1n) is 7.19. The van der Waals surface area contributed by atoms with Gasteiger partial charge in [0.25, 0.3) is 0 Å². The first-order valence-corrected chi connectivity index (χ1v) is 7.56. The minimum absolute atomic E-state index is 0.0599. The lowest BCUT2D eigenvalue weighted by Gasteiger charge is -2.22. The van der Waals surface area contributed by atoms with E-state index in [0.29, 0.717) is 28.8 Å². The molecule has 0 radical (unpaired) electrons. The number of carbonyl (C=O) groups excluding carboxylic acids is 1. The molecule has 2 heterocycles. The lowest BCUT2D eigenvalue weighted by molar-refractivity contribution is 0.0949. The van der Waals surface area contributed by atoms with E-state index >= 15 is 0 Å². The van der Waals surface area contributed by atoms with Gasteiger partial charge in [0.2, 0.25) is 0 Å². The molecule has 1 aromatic heterocycles. The summed E-state index contributed by atoms with van der Waals surface area (Å²) >= 11 is 6.06. The fourth-order valence-corrected chi connectivity index (χ4v) is 2.98. The van der Waals surface area contributed by atoms with Crippen LogP contribution in [0.15, 0.2) is 28.7 Å². The molecular formula is C16H18ClNO2. The number of carbonyl (C=O) groups is 1. The molecule has 1 atom stereocenters. The van der Waals surface area contributed by atoms with Crippen molar-refractivity contribution in [3.8, 4) is 0 Å². The Bertz CT molecular complexity index is 614. The van der Waals surface area contributed by atoms with E-state index in [2.05, 4.69) is 5.32 Å². The van der Waals surface area contributed by atoms with Gasteiger partial charge in [-0.15, -0.1) is 0 Å². The first-order chi connectivity index (χ1) is 9.74. The minimum Gasteiger partial charge on any atom is -0.451 e. The predicted molar refractivity (Wildman–Crippen MR) is 80.4 cm³/mol. The van der Waals surface area contributed by atoms with Crippen molar-refractivity contribution in [1.82, 2.24) is 5.32 Å². The number of piperidine rings is 1. The third kappa shape index (κ3) is 2.89. The maximum Gasteiger partial charge on any atom is 0.198 e. The van der Waals surface area contributed by atoms with E-state index in [0.717, 1.165) is 18.4 Å². The smallest absolute Gasteiger partial charge is 0.198 e. The number of para-hydroxylation sites is 1. The Hall–Kier alpha value is -1.32. The SMILES string of the molecule is O=C(CCC1CCCCN1)c1cc2cccc(Cl)c2o1. The van der Waals surface area contributed by atoms with E-state index in [4.69, 9.17) is 16.0 Å². The number of fused-ring (bicyclic) bond motifs is 1. The summed E-state index contributed by atoms with van der Waals surface area (Å²) in [5.74, 6) is 0.480. The average Bonchev–Trinajstić information content (AvgIpc) is 2.91. The van der Waals surface area contributed by atoms with Crippen LogP contribution in [0.2, 0.25) is 5.02 Å². The van der Waals surface area contributed by atoms with E-state index in [-0.39, 0.29) is 5.78 Å². The normalized spacial score (nSPS) is 19.4. The summed E-state index contributed by atoms with van der Waals surface area (Å²) in [7, 11) is 0. The Labute approximate surface area is 123 Å². The van der Waals surface area contributed by atoms with Crippen LogP contribution < -0.4 is 5.32 Å². The molecule has 1 unspecified atom stereocenters. The molecule has 0 spiro atoms.